The summed E-state index contributed by atoms with van der Waals surface area (Å²) in [6.45, 7) is 17.7. The number of aliphatic hydroxyl groups is 2. The molecule has 20 heteroatoms. The number of carbonyl (C=O) groups excluding carboxylic acids is 5. The van der Waals surface area contributed by atoms with Crippen molar-refractivity contribution in [2.45, 2.75) is 175 Å². The molecule has 2 saturated heterocycles. The van der Waals surface area contributed by atoms with Gasteiger partial charge in [-0.15, -0.1) is 0 Å². The molecular weight excluding hydrogens is 1080 g/mol. The third-order valence-electron chi connectivity index (χ3n) is 16.6. The van der Waals surface area contributed by atoms with E-state index in [-0.39, 0.29) is 107 Å². The number of hydrogen-bond donors (Lipinski definition) is 2. The van der Waals surface area contributed by atoms with Gasteiger partial charge in [0.05, 0.1) is 36.4 Å². The third kappa shape index (κ3) is 14.5. The predicted octanol–water partition coefficient (Wildman–Crippen LogP) is 8.76. The Hall–Kier alpha value is -5.83. The quantitative estimate of drug-likeness (QED) is 0.0882. The molecule has 0 spiro atoms. The van der Waals surface area contributed by atoms with Gasteiger partial charge in [-0.25, -0.2) is 9.59 Å². The van der Waals surface area contributed by atoms with E-state index < -0.39 is 69.3 Å². The second kappa shape index (κ2) is 26.6. The normalized spacial score (nSPS) is 23.4. The van der Waals surface area contributed by atoms with Gasteiger partial charge >= 0.3 is 12.2 Å². The molecular formula is C61H82N4O14S2. The summed E-state index contributed by atoms with van der Waals surface area (Å²) in [5, 5.41) is 23.5. The van der Waals surface area contributed by atoms with E-state index in [1.54, 1.807) is 11.0 Å². The van der Waals surface area contributed by atoms with Gasteiger partial charge in [0.15, 0.2) is 6.23 Å². The van der Waals surface area contributed by atoms with Crippen molar-refractivity contribution in [2.75, 3.05) is 55.7 Å². The Bertz CT molecular complexity index is 2910. The van der Waals surface area contributed by atoms with E-state index in [1.807, 2.05) is 13.8 Å². The summed E-state index contributed by atoms with van der Waals surface area (Å²) < 4.78 is 55.6. The van der Waals surface area contributed by atoms with Gasteiger partial charge in [-0.3, -0.25) is 27.7 Å². The van der Waals surface area contributed by atoms with E-state index in [9.17, 15) is 42.6 Å². The number of ether oxygens (including phenoxy) is 5. The average molecular weight is 1160 g/mol. The molecule has 2 aromatic carbocycles. The van der Waals surface area contributed by atoms with Crippen molar-refractivity contribution in [2.24, 2.45) is 0 Å². The summed E-state index contributed by atoms with van der Waals surface area (Å²) in [6.07, 6.45) is 10.8. The Balaban J connectivity index is 1.01. The zero-order valence-corrected chi connectivity index (χ0v) is 50.1. The Morgan fingerprint density at radius 1 is 0.667 bits per heavy atom. The van der Waals surface area contributed by atoms with Crippen molar-refractivity contribution in [1.82, 2.24) is 19.6 Å². The van der Waals surface area contributed by atoms with Crippen LogP contribution in [0.1, 0.15) is 163 Å². The number of aliphatic hydroxyl groups excluding tert-OH is 2. The lowest BCUT2D eigenvalue weighted by molar-refractivity contribution is -0.141. The maximum absolute atomic E-state index is 14.7. The van der Waals surface area contributed by atoms with Crippen molar-refractivity contribution in [3.05, 3.63) is 92.1 Å². The summed E-state index contributed by atoms with van der Waals surface area (Å²) in [6, 6.07) is 3.04. The van der Waals surface area contributed by atoms with Gasteiger partial charge in [0.1, 0.15) is 34.2 Å². The molecule has 0 aromatic heterocycles. The molecule has 6 aliphatic rings. The average Bonchev–Trinajstić information content (AvgIpc) is 4.20. The second-order valence-corrected chi connectivity index (χ2v) is 26.8. The lowest BCUT2D eigenvalue weighted by atomic mass is 9.84. The van der Waals surface area contributed by atoms with E-state index in [2.05, 4.69) is 65.8 Å². The highest BCUT2D eigenvalue weighted by Gasteiger charge is 2.48. The zero-order valence-electron chi connectivity index (χ0n) is 48.4. The van der Waals surface area contributed by atoms with Crippen molar-refractivity contribution in [1.29, 1.82) is 0 Å². The van der Waals surface area contributed by atoms with Crippen LogP contribution in [0.4, 0.5) is 9.59 Å². The van der Waals surface area contributed by atoms with Gasteiger partial charge in [-0.1, -0.05) is 46.6 Å². The summed E-state index contributed by atoms with van der Waals surface area (Å²) >= 11 is 0. The number of rotatable bonds is 21. The monoisotopic (exact) mass is 1160 g/mol. The minimum atomic E-state index is -1.09. The summed E-state index contributed by atoms with van der Waals surface area (Å²) in [4.78, 5) is 74.7. The number of nitrogens with zero attached hydrogens (tertiary/aromatic N) is 4. The van der Waals surface area contributed by atoms with Gasteiger partial charge in [-0.2, -0.15) is 0 Å². The van der Waals surface area contributed by atoms with Gasteiger partial charge in [0.2, 0.25) is 0 Å². The van der Waals surface area contributed by atoms with Crippen LogP contribution in [0, 0.1) is 0 Å². The van der Waals surface area contributed by atoms with Crippen molar-refractivity contribution < 1.29 is 66.3 Å². The Kier molecular flexibility index (Phi) is 20.1. The fraction of sp³-hybridized carbons (Fsp3) is 0.590. The maximum Gasteiger partial charge on any atom is 0.415 e. The highest BCUT2D eigenvalue weighted by atomic mass is 32.2. The highest BCUT2D eigenvalue weighted by Crippen LogP contribution is 2.49. The molecule has 81 heavy (non-hydrogen) atoms. The zero-order chi connectivity index (χ0) is 58.3. The number of fused-ring (bicyclic) bond motifs is 6. The summed E-state index contributed by atoms with van der Waals surface area (Å²) in [5.41, 5.74) is 5.31. The molecule has 4 amide bonds. The number of benzene rings is 2. The van der Waals surface area contributed by atoms with Crippen molar-refractivity contribution >= 4 is 52.1 Å². The van der Waals surface area contributed by atoms with Crippen molar-refractivity contribution in [3.8, 4) is 23.0 Å². The molecule has 442 valence electrons. The second-order valence-electron chi connectivity index (χ2n) is 23.4. The minimum Gasteiger partial charge on any atom is -0.484 e. The van der Waals surface area contributed by atoms with E-state index in [0.29, 0.717) is 82.4 Å². The van der Waals surface area contributed by atoms with Crippen LogP contribution >= 0.6 is 0 Å². The Morgan fingerprint density at radius 2 is 1.11 bits per heavy atom. The largest absolute Gasteiger partial charge is 0.484 e. The fourth-order valence-electron chi connectivity index (χ4n) is 11.4. The van der Waals surface area contributed by atoms with Crippen LogP contribution in [-0.4, -0.2) is 154 Å². The van der Waals surface area contributed by atoms with Crippen LogP contribution in [-0.2, 0) is 57.1 Å². The lowest BCUT2D eigenvalue weighted by Gasteiger charge is -2.41. The van der Waals surface area contributed by atoms with Crippen LogP contribution < -0.4 is 18.9 Å². The van der Waals surface area contributed by atoms with E-state index in [4.69, 9.17) is 23.7 Å². The number of carbonyl (C=O) groups is 5. The summed E-state index contributed by atoms with van der Waals surface area (Å²) in [5.74, 6) is 1.31. The molecule has 6 heterocycles. The SMILES string of the molecule is CC(C)=CCC/C(C)=C/CC[C@@]1(C)Oc2c(c(OC(=O)N3CCS(=O)CC3)cc3c2CN(CCC[C@@H](OC=O)N2Cc4c(cc(OC(=O)N5CCS(=O)CC5)c5c4O[C@](C)(CC/C=C(\C)CCC=C(C)C)[C@@H](O)C5)C2=O)C3=O)C[C@@H]1O. The first-order valence-corrected chi connectivity index (χ1v) is 31.6. The predicted molar refractivity (Wildman–Crippen MR) is 309 cm³/mol. The first-order valence-electron chi connectivity index (χ1n) is 28.6. The van der Waals surface area contributed by atoms with Crippen LogP contribution in [0.5, 0.6) is 23.0 Å². The molecule has 2 aromatic rings. The van der Waals surface area contributed by atoms with Crippen LogP contribution in [0.3, 0.4) is 0 Å². The highest BCUT2D eigenvalue weighted by molar-refractivity contribution is 7.85. The molecule has 0 saturated carbocycles. The molecule has 18 nitrogen and oxygen atoms in total. The number of allylic oxidation sites excluding steroid dienone is 8. The van der Waals surface area contributed by atoms with Crippen LogP contribution in [0.25, 0.3) is 0 Å². The van der Waals surface area contributed by atoms with E-state index >= 15 is 0 Å². The molecule has 0 bridgehead atoms. The fourth-order valence-corrected chi connectivity index (χ4v) is 13.5. The topological polar surface area (TPSA) is 219 Å². The molecule has 5 atom stereocenters. The lowest BCUT2D eigenvalue weighted by Crippen LogP contribution is -2.49. The molecule has 0 radical (unpaired) electrons. The molecule has 2 N–H and O–H groups in total. The third-order valence-corrected chi connectivity index (χ3v) is 19.2. The van der Waals surface area contributed by atoms with Crippen LogP contribution in [0.2, 0.25) is 0 Å². The van der Waals surface area contributed by atoms with Crippen LogP contribution in [0.15, 0.2) is 58.7 Å². The van der Waals surface area contributed by atoms with Gasteiger partial charge in [-0.05, 0) is 125 Å². The van der Waals surface area contributed by atoms with Gasteiger partial charge < -0.3 is 48.6 Å². The van der Waals surface area contributed by atoms with Crippen molar-refractivity contribution in [3.63, 3.8) is 0 Å². The van der Waals surface area contributed by atoms with E-state index in [1.165, 1.54) is 43.1 Å². The first-order chi connectivity index (χ1) is 38.6. The molecule has 0 aliphatic carbocycles. The maximum atomic E-state index is 14.7. The van der Waals surface area contributed by atoms with Gasteiger partial charge in [0, 0.05) is 119 Å². The number of amides is 4. The molecule has 2 fully saturated rings. The Labute approximate surface area is 481 Å². The van der Waals surface area contributed by atoms with Gasteiger partial charge in [0.25, 0.3) is 18.3 Å². The molecule has 8 rings (SSSR count). The molecule has 0 unspecified atom stereocenters. The minimum absolute atomic E-state index is 0.0268. The smallest absolute Gasteiger partial charge is 0.415 e. The Morgan fingerprint density at radius 3 is 1.56 bits per heavy atom. The standard InChI is InChI=1S/C61H82N4O14S2/c1-39(2)14-9-16-41(5)18-11-21-60(7)51(67)34-45-49(76-58(71)62-24-28-80(73)29-25-62)32-43-47(54(45)78-60)36-64(56(43)69)23-13-20-53(75-38-66)65-37-48-44(57(65)70)33-50(77-59(72)63-26-30-81(74)31-27-63)46-35-52(68)61(8,79-55(46)48)22-12-19-42(6)17-10-15-40(3)4/h14-15,18-19,32-33,38,51-53,67-68H,9-13,16-17,20-31,34-37H2,1-8H3/b41-18+,42-19+/t51-,52-,53+,60+,61+/m0/s1. The summed E-state index contributed by atoms with van der Waals surface area (Å²) in [7, 11) is -2.08. The first kappa shape index (κ1) is 61.2. The molecule has 6 aliphatic heterocycles. The van der Waals surface area contributed by atoms with E-state index in [0.717, 1.165) is 25.7 Å². The number of hydrogen-bond acceptors (Lipinski definition) is 14.